The first-order chi connectivity index (χ1) is 15.2. The third-order valence-corrected chi connectivity index (χ3v) is 5.62. The molecule has 1 unspecified atom stereocenters. The minimum absolute atomic E-state index is 0.0554. The number of amides is 1. The van der Waals surface area contributed by atoms with Crippen molar-refractivity contribution < 1.29 is 4.79 Å². The number of para-hydroxylation sites is 3. The largest absolute Gasteiger partial charge is 0.357 e. The van der Waals surface area contributed by atoms with Crippen molar-refractivity contribution in [1.82, 2.24) is 20.2 Å². The number of aromatic nitrogens is 2. The Hall–Kier alpha value is -3.35. The molecule has 31 heavy (non-hydrogen) atoms. The summed E-state index contributed by atoms with van der Waals surface area (Å²) in [6.45, 7) is 7.18. The predicted molar refractivity (Wildman–Crippen MR) is 125 cm³/mol. The van der Waals surface area contributed by atoms with Crippen LogP contribution in [0.3, 0.4) is 0 Å². The molecule has 1 aliphatic rings. The number of aliphatic imine (C=N–C) groups is 1. The van der Waals surface area contributed by atoms with E-state index in [1.54, 1.807) is 0 Å². The third-order valence-electron chi connectivity index (χ3n) is 5.62. The molecule has 1 atom stereocenters. The van der Waals surface area contributed by atoms with Gasteiger partial charge in [0.25, 0.3) is 0 Å². The lowest BCUT2D eigenvalue weighted by Crippen LogP contribution is -2.38. The van der Waals surface area contributed by atoms with Gasteiger partial charge in [-0.05, 0) is 44.0 Å². The number of rotatable bonds is 7. The summed E-state index contributed by atoms with van der Waals surface area (Å²) in [6.07, 6.45) is 1.42. The van der Waals surface area contributed by atoms with E-state index >= 15 is 0 Å². The SMILES string of the molecule is CCNC(=NCC1CC(=O)Nc2ccccc21)NCCCn1c(C)nc2ccccc21. The molecule has 0 radical (unpaired) electrons. The average Bonchev–Trinajstić information content (AvgIpc) is 3.09. The van der Waals surface area contributed by atoms with Crippen LogP contribution >= 0.6 is 0 Å². The highest BCUT2D eigenvalue weighted by Gasteiger charge is 2.24. The Labute approximate surface area is 183 Å². The molecular formula is C24H30N6O. The molecule has 0 fully saturated rings. The summed E-state index contributed by atoms with van der Waals surface area (Å²) in [6, 6.07) is 16.2. The summed E-state index contributed by atoms with van der Waals surface area (Å²) in [5, 5.41) is 9.69. The molecule has 0 aliphatic carbocycles. The van der Waals surface area contributed by atoms with Gasteiger partial charge in [-0.25, -0.2) is 4.98 Å². The summed E-state index contributed by atoms with van der Waals surface area (Å²) in [4.78, 5) is 21.5. The van der Waals surface area contributed by atoms with Gasteiger partial charge in [0.05, 0.1) is 17.6 Å². The van der Waals surface area contributed by atoms with Gasteiger partial charge in [-0.15, -0.1) is 0 Å². The number of hydrogen-bond donors (Lipinski definition) is 3. The van der Waals surface area contributed by atoms with Crippen molar-refractivity contribution >= 4 is 28.6 Å². The van der Waals surface area contributed by atoms with Gasteiger partial charge < -0.3 is 20.5 Å². The first-order valence-electron chi connectivity index (χ1n) is 11.0. The number of guanidine groups is 1. The second-order valence-electron chi connectivity index (χ2n) is 7.84. The van der Waals surface area contributed by atoms with Crippen molar-refractivity contribution in [2.24, 2.45) is 4.99 Å². The van der Waals surface area contributed by atoms with Crippen LogP contribution in [-0.2, 0) is 11.3 Å². The Balaban J connectivity index is 1.35. The topological polar surface area (TPSA) is 83.3 Å². The van der Waals surface area contributed by atoms with Crippen LogP contribution in [0.15, 0.2) is 53.5 Å². The molecule has 7 nitrogen and oxygen atoms in total. The van der Waals surface area contributed by atoms with Crippen molar-refractivity contribution in [1.29, 1.82) is 0 Å². The van der Waals surface area contributed by atoms with Crippen LogP contribution < -0.4 is 16.0 Å². The fourth-order valence-corrected chi connectivity index (χ4v) is 4.13. The summed E-state index contributed by atoms with van der Waals surface area (Å²) < 4.78 is 2.26. The van der Waals surface area contributed by atoms with Gasteiger partial charge in [0.15, 0.2) is 5.96 Å². The number of fused-ring (bicyclic) bond motifs is 2. The van der Waals surface area contributed by atoms with E-state index < -0.39 is 0 Å². The first-order valence-corrected chi connectivity index (χ1v) is 11.0. The number of benzene rings is 2. The molecule has 1 aliphatic heterocycles. The molecule has 1 aromatic heterocycles. The number of nitrogens with one attached hydrogen (secondary N) is 3. The maximum Gasteiger partial charge on any atom is 0.225 e. The Bertz CT molecular complexity index is 1090. The van der Waals surface area contributed by atoms with E-state index in [0.29, 0.717) is 13.0 Å². The van der Waals surface area contributed by atoms with Crippen LogP contribution in [0.1, 0.15) is 37.1 Å². The average molecular weight is 419 g/mol. The quantitative estimate of drug-likeness (QED) is 0.312. The van der Waals surface area contributed by atoms with Crippen LogP contribution in [-0.4, -0.2) is 41.1 Å². The third kappa shape index (κ3) is 4.87. The number of carbonyl (C=O) groups excluding carboxylic acids is 1. The first kappa shape index (κ1) is 20.9. The van der Waals surface area contributed by atoms with Crippen molar-refractivity contribution in [2.45, 2.75) is 39.2 Å². The van der Waals surface area contributed by atoms with E-state index in [1.807, 2.05) is 24.3 Å². The highest BCUT2D eigenvalue weighted by atomic mass is 16.1. The van der Waals surface area contributed by atoms with Crippen LogP contribution in [0.25, 0.3) is 11.0 Å². The van der Waals surface area contributed by atoms with Crippen LogP contribution in [0.2, 0.25) is 0 Å². The van der Waals surface area contributed by atoms with Gasteiger partial charge in [0.1, 0.15) is 5.82 Å². The molecule has 7 heteroatoms. The lowest BCUT2D eigenvalue weighted by molar-refractivity contribution is -0.116. The summed E-state index contributed by atoms with van der Waals surface area (Å²) in [5.41, 5.74) is 4.28. The van der Waals surface area contributed by atoms with Gasteiger partial charge in [-0.2, -0.15) is 0 Å². The van der Waals surface area contributed by atoms with E-state index in [-0.39, 0.29) is 11.8 Å². The second kappa shape index (κ2) is 9.64. The van der Waals surface area contributed by atoms with Crippen molar-refractivity contribution in [3.8, 4) is 0 Å². The molecule has 2 aromatic carbocycles. The van der Waals surface area contributed by atoms with Crippen molar-refractivity contribution in [2.75, 3.05) is 25.0 Å². The Morgan fingerprint density at radius 3 is 2.87 bits per heavy atom. The van der Waals surface area contributed by atoms with E-state index in [0.717, 1.165) is 54.6 Å². The lowest BCUT2D eigenvalue weighted by Gasteiger charge is -2.24. The standard InChI is InChI=1S/C24H30N6O/c1-3-25-24(27-16-18-15-23(31)29-20-10-5-4-9-19(18)20)26-13-8-14-30-17(2)28-21-11-6-7-12-22(21)30/h4-7,9-12,18H,3,8,13-16H2,1-2H3,(H,29,31)(H2,25,26,27). The minimum atomic E-state index is 0.0554. The van der Waals surface area contributed by atoms with Crippen molar-refractivity contribution in [3.05, 3.63) is 59.9 Å². The molecule has 2 heterocycles. The molecule has 0 saturated heterocycles. The molecule has 0 bridgehead atoms. The predicted octanol–water partition coefficient (Wildman–Crippen LogP) is 3.42. The maximum absolute atomic E-state index is 12.1. The molecule has 162 valence electrons. The number of imidazole rings is 1. The van der Waals surface area contributed by atoms with Crippen LogP contribution in [0.5, 0.6) is 0 Å². The van der Waals surface area contributed by atoms with Gasteiger partial charge in [-0.3, -0.25) is 9.79 Å². The number of carbonyl (C=O) groups is 1. The number of anilines is 1. The van der Waals surface area contributed by atoms with Crippen molar-refractivity contribution in [3.63, 3.8) is 0 Å². The summed E-state index contributed by atoms with van der Waals surface area (Å²) in [7, 11) is 0. The van der Waals surface area contributed by atoms with Gasteiger partial charge >= 0.3 is 0 Å². The summed E-state index contributed by atoms with van der Waals surface area (Å²) >= 11 is 0. The zero-order chi connectivity index (χ0) is 21.6. The van der Waals surface area contributed by atoms with E-state index in [4.69, 9.17) is 4.99 Å². The Kier molecular flexibility index (Phi) is 6.50. The molecule has 1 amide bonds. The molecule has 0 saturated carbocycles. The van der Waals surface area contributed by atoms with E-state index in [1.165, 1.54) is 5.52 Å². The summed E-state index contributed by atoms with van der Waals surface area (Å²) in [5.74, 6) is 1.98. The lowest BCUT2D eigenvalue weighted by atomic mass is 9.91. The Morgan fingerprint density at radius 1 is 1.19 bits per heavy atom. The fourth-order valence-electron chi connectivity index (χ4n) is 4.13. The van der Waals surface area contributed by atoms with Gasteiger partial charge in [0, 0.05) is 37.7 Å². The van der Waals surface area contributed by atoms with Gasteiger partial charge in [0.2, 0.25) is 5.91 Å². The normalized spacial score (nSPS) is 16.1. The van der Waals surface area contributed by atoms with Crippen LogP contribution in [0.4, 0.5) is 5.69 Å². The smallest absolute Gasteiger partial charge is 0.225 e. The highest BCUT2D eigenvalue weighted by molar-refractivity contribution is 5.94. The molecule has 0 spiro atoms. The highest BCUT2D eigenvalue weighted by Crippen LogP contribution is 2.31. The molecular weight excluding hydrogens is 388 g/mol. The minimum Gasteiger partial charge on any atom is -0.357 e. The molecule has 4 rings (SSSR count). The number of nitrogens with zero attached hydrogens (tertiary/aromatic N) is 3. The number of aryl methyl sites for hydroxylation is 2. The second-order valence-corrected chi connectivity index (χ2v) is 7.84. The van der Waals surface area contributed by atoms with E-state index in [2.05, 4.69) is 63.6 Å². The fraction of sp³-hybridized carbons (Fsp3) is 0.375. The van der Waals surface area contributed by atoms with E-state index in [9.17, 15) is 4.79 Å². The number of hydrogen-bond acceptors (Lipinski definition) is 3. The monoisotopic (exact) mass is 418 g/mol. The molecule has 3 aromatic rings. The Morgan fingerprint density at radius 2 is 2.00 bits per heavy atom. The zero-order valence-electron chi connectivity index (χ0n) is 18.2. The van der Waals surface area contributed by atoms with Gasteiger partial charge in [-0.1, -0.05) is 30.3 Å². The zero-order valence-corrected chi connectivity index (χ0v) is 18.2. The van der Waals surface area contributed by atoms with Crippen LogP contribution in [0, 0.1) is 6.92 Å². The molecule has 3 N–H and O–H groups in total. The maximum atomic E-state index is 12.1.